The van der Waals surface area contributed by atoms with Crippen molar-refractivity contribution in [3.8, 4) is 0 Å². The quantitative estimate of drug-likeness (QED) is 0.166. The first-order valence-electron chi connectivity index (χ1n) is 26.9. The van der Waals surface area contributed by atoms with Gasteiger partial charge in [-0.05, 0) is 135 Å². The normalized spacial score (nSPS) is 14.2. The highest BCUT2D eigenvalue weighted by atomic mass is 15.2. The number of hydrogen-bond donors (Lipinski definition) is 0. The molecule has 11 aromatic carbocycles. The average molecular weight is 962 g/mol. The lowest BCUT2D eigenvalue weighted by molar-refractivity contribution is 1.24. The number of rotatable bonds is 4. The molecule has 0 bridgehead atoms. The van der Waals surface area contributed by atoms with E-state index in [0.717, 1.165) is 11.4 Å². The monoisotopic (exact) mass is 962 g/mol. The van der Waals surface area contributed by atoms with Crippen molar-refractivity contribution in [3.63, 3.8) is 0 Å². The van der Waals surface area contributed by atoms with E-state index < -0.39 is 0 Å². The molecule has 6 aliphatic rings. The fraction of sp³-hybridized carbons (Fsp3) is 0.0294. The van der Waals surface area contributed by atoms with Crippen LogP contribution in [0.1, 0.15) is 11.1 Å². The summed E-state index contributed by atoms with van der Waals surface area (Å²) in [4.78, 5) is 10.4. The van der Waals surface area contributed by atoms with Crippen LogP contribution in [0.2, 0.25) is 0 Å². The third kappa shape index (κ3) is 5.53. The van der Waals surface area contributed by atoms with Gasteiger partial charge < -0.3 is 19.6 Å². The molecule has 0 radical (unpaired) electrons. The Hall–Kier alpha value is -9.12. The molecular formula is C68H46B4N4. The molecule has 0 spiro atoms. The van der Waals surface area contributed by atoms with Crippen LogP contribution in [0.4, 0.5) is 68.2 Å². The van der Waals surface area contributed by atoms with Crippen molar-refractivity contribution < 1.29 is 0 Å². The van der Waals surface area contributed by atoms with Crippen LogP contribution < -0.4 is 85.2 Å². The minimum Gasteiger partial charge on any atom is -0.312 e. The number of para-hydroxylation sites is 6. The van der Waals surface area contributed by atoms with Crippen LogP contribution in [0, 0.1) is 13.8 Å². The second-order valence-corrected chi connectivity index (χ2v) is 21.5. The molecule has 76 heavy (non-hydrogen) atoms. The van der Waals surface area contributed by atoms with Crippen LogP contribution in [-0.2, 0) is 0 Å². The van der Waals surface area contributed by atoms with Gasteiger partial charge in [-0.15, -0.1) is 0 Å². The lowest BCUT2D eigenvalue weighted by Gasteiger charge is -2.50. The molecule has 8 heteroatoms. The van der Waals surface area contributed by atoms with Crippen molar-refractivity contribution in [3.05, 3.63) is 254 Å². The minimum absolute atomic E-state index is 0.0409. The molecule has 6 heterocycles. The first-order chi connectivity index (χ1) is 37.6. The summed E-state index contributed by atoms with van der Waals surface area (Å²) in [6, 6.07) is 92.1. The maximum Gasteiger partial charge on any atom is 0.252 e. The van der Waals surface area contributed by atoms with Gasteiger partial charge in [-0.3, -0.25) is 0 Å². The zero-order valence-electron chi connectivity index (χ0n) is 42.2. The molecule has 0 aromatic heterocycles. The number of aryl methyl sites for hydroxylation is 2. The Kier molecular flexibility index (Phi) is 8.73. The largest absolute Gasteiger partial charge is 0.312 e. The van der Waals surface area contributed by atoms with E-state index in [4.69, 9.17) is 0 Å². The number of fused-ring (bicyclic) bond motifs is 14. The van der Waals surface area contributed by atoms with E-state index in [1.165, 1.54) is 134 Å². The fourth-order valence-electron chi connectivity index (χ4n) is 15.0. The first kappa shape index (κ1) is 42.3. The Labute approximate surface area is 445 Å². The molecular weight excluding hydrogens is 916 g/mol. The summed E-state index contributed by atoms with van der Waals surface area (Å²) in [6.45, 7) is 4.60. The third-order valence-corrected chi connectivity index (χ3v) is 17.8. The van der Waals surface area contributed by atoms with E-state index in [-0.39, 0.29) is 26.9 Å². The summed E-state index contributed by atoms with van der Waals surface area (Å²) in [6.07, 6.45) is 0. The second kappa shape index (κ2) is 15.7. The average Bonchev–Trinajstić information content (AvgIpc) is 3.54. The Morgan fingerprint density at radius 3 is 1.07 bits per heavy atom. The van der Waals surface area contributed by atoms with Gasteiger partial charge in [-0.2, -0.15) is 0 Å². The van der Waals surface area contributed by atoms with E-state index >= 15 is 0 Å². The number of benzene rings is 11. The Balaban J connectivity index is 1.01. The summed E-state index contributed by atoms with van der Waals surface area (Å²) < 4.78 is 0. The van der Waals surface area contributed by atoms with Gasteiger partial charge in [0.2, 0.25) is 13.4 Å². The van der Waals surface area contributed by atoms with Crippen LogP contribution >= 0.6 is 0 Å². The Bertz CT molecular complexity index is 4260. The maximum atomic E-state index is 2.69. The van der Waals surface area contributed by atoms with Crippen LogP contribution in [0.25, 0.3) is 0 Å². The molecule has 6 aliphatic heterocycles. The smallest absolute Gasteiger partial charge is 0.252 e. The molecule has 11 aromatic rings. The molecule has 350 valence electrons. The summed E-state index contributed by atoms with van der Waals surface area (Å²) in [7, 11) is 0. The molecule has 0 fully saturated rings. The van der Waals surface area contributed by atoms with Gasteiger partial charge in [0, 0.05) is 68.2 Å². The first-order valence-corrected chi connectivity index (χ1v) is 26.9. The number of anilines is 12. The lowest BCUT2D eigenvalue weighted by Crippen LogP contribution is -2.69. The van der Waals surface area contributed by atoms with E-state index in [2.05, 4.69) is 276 Å². The predicted octanol–water partition coefficient (Wildman–Crippen LogP) is 8.13. The lowest BCUT2D eigenvalue weighted by atomic mass is 9.27. The number of hydrogen-bond acceptors (Lipinski definition) is 4. The highest BCUT2D eigenvalue weighted by molar-refractivity contribution is 7.06. The summed E-state index contributed by atoms with van der Waals surface area (Å²) in [5.41, 5.74) is 33.5. The molecule has 0 saturated carbocycles. The van der Waals surface area contributed by atoms with Gasteiger partial charge in [-0.1, -0.05) is 198 Å². The molecule has 4 nitrogen and oxygen atoms in total. The van der Waals surface area contributed by atoms with Crippen LogP contribution in [0.15, 0.2) is 243 Å². The minimum atomic E-state index is -0.0514. The van der Waals surface area contributed by atoms with Gasteiger partial charge >= 0.3 is 0 Å². The van der Waals surface area contributed by atoms with Crippen molar-refractivity contribution in [2.75, 3.05) is 19.6 Å². The van der Waals surface area contributed by atoms with Crippen molar-refractivity contribution >= 4 is 161 Å². The Morgan fingerprint density at radius 1 is 0.237 bits per heavy atom. The molecule has 0 aliphatic carbocycles. The summed E-state index contributed by atoms with van der Waals surface area (Å²) >= 11 is 0. The van der Waals surface area contributed by atoms with Crippen molar-refractivity contribution in [1.82, 2.24) is 0 Å². The Morgan fingerprint density at radius 2 is 0.605 bits per heavy atom. The highest BCUT2D eigenvalue weighted by Gasteiger charge is 2.52. The van der Waals surface area contributed by atoms with Gasteiger partial charge in [0.1, 0.15) is 0 Å². The zero-order chi connectivity index (χ0) is 49.9. The van der Waals surface area contributed by atoms with E-state index in [1.807, 2.05) is 0 Å². The summed E-state index contributed by atoms with van der Waals surface area (Å²) in [5.74, 6) is 0. The molecule has 0 saturated heterocycles. The standard InChI is InChI=1S/C68H46B4N4/c1-43-21-20-22-44(2)64(43)70-51-32-15-19-36-59(51)76-63-42-62-54(41-55(63)72-50-31-14-17-34-57(50)74(47-27-10-5-11-28-47)61-40-38-53(70)68(76)66(61)72)71-49-30-13-16-33-56(49)73(46-25-8-4-9-26-46)60-39-37-52-67(65(60)71)75(62)58-35-18-12-29-48(58)69(52)45-23-6-3-7-24-45/h3-42H,1-2H3. The van der Waals surface area contributed by atoms with Gasteiger partial charge in [0.25, 0.3) is 13.4 Å². The van der Waals surface area contributed by atoms with Gasteiger partial charge in [0.05, 0.1) is 0 Å². The second-order valence-electron chi connectivity index (χ2n) is 21.5. The van der Waals surface area contributed by atoms with Crippen LogP contribution in [0.3, 0.4) is 0 Å². The molecule has 0 atom stereocenters. The van der Waals surface area contributed by atoms with E-state index in [0.29, 0.717) is 0 Å². The molecule has 0 N–H and O–H groups in total. The third-order valence-electron chi connectivity index (χ3n) is 17.8. The van der Waals surface area contributed by atoms with Crippen molar-refractivity contribution in [1.29, 1.82) is 0 Å². The molecule has 0 amide bonds. The maximum absolute atomic E-state index is 2.69. The van der Waals surface area contributed by atoms with Crippen molar-refractivity contribution in [2.45, 2.75) is 13.8 Å². The highest BCUT2D eigenvalue weighted by Crippen LogP contribution is 2.49. The van der Waals surface area contributed by atoms with E-state index in [9.17, 15) is 0 Å². The molecule has 0 unspecified atom stereocenters. The topological polar surface area (TPSA) is 13.0 Å². The zero-order valence-corrected chi connectivity index (χ0v) is 42.2. The van der Waals surface area contributed by atoms with Crippen molar-refractivity contribution in [2.24, 2.45) is 0 Å². The molecule has 17 rings (SSSR count). The predicted molar refractivity (Wildman–Crippen MR) is 326 cm³/mol. The summed E-state index contributed by atoms with van der Waals surface area (Å²) in [5, 5.41) is 0. The van der Waals surface area contributed by atoms with Crippen LogP contribution in [0.5, 0.6) is 0 Å². The SMILES string of the molecule is Cc1cccc(C)c1B1c2ccccc2N2c3cc4c(cc3B3c5ccccc5N(c5ccccc5)c5ccc1c2c53)B1c2ccccc2N(c2ccccc2)c2ccc3c(c21)N4c1ccccc1B3c1ccccc1. The number of nitrogens with zero attached hydrogens (tertiary/aromatic N) is 4. The fourth-order valence-corrected chi connectivity index (χ4v) is 15.0. The van der Waals surface area contributed by atoms with Crippen LogP contribution in [-0.4, -0.2) is 26.9 Å². The van der Waals surface area contributed by atoms with Gasteiger partial charge in [0.15, 0.2) is 0 Å². The van der Waals surface area contributed by atoms with Gasteiger partial charge in [-0.25, -0.2) is 0 Å². The van der Waals surface area contributed by atoms with E-state index in [1.54, 1.807) is 0 Å².